The molecule has 0 aliphatic heterocycles. The van der Waals surface area contributed by atoms with Gasteiger partial charge in [-0.15, -0.1) is 0 Å². The van der Waals surface area contributed by atoms with Crippen molar-refractivity contribution in [2.45, 2.75) is 51.9 Å². The van der Waals surface area contributed by atoms with Crippen LogP contribution in [-0.2, 0) is 4.57 Å². The molecule has 210 valence electrons. The fourth-order valence-corrected chi connectivity index (χ4v) is 9.27. The highest BCUT2D eigenvalue weighted by Crippen LogP contribution is 2.65. The van der Waals surface area contributed by atoms with Gasteiger partial charge in [0, 0.05) is 26.5 Å². The van der Waals surface area contributed by atoms with E-state index in [-0.39, 0.29) is 5.30 Å². The molecule has 0 bridgehead atoms. The Morgan fingerprint density at radius 3 is 1.10 bits per heavy atom. The fraction of sp³-hybridized carbons (Fsp3) is 0.308. The lowest BCUT2D eigenvalue weighted by Gasteiger charge is -2.43. The zero-order valence-corrected chi connectivity index (χ0v) is 22.4. The van der Waals surface area contributed by atoms with E-state index >= 15 is 17.6 Å². The van der Waals surface area contributed by atoms with Gasteiger partial charge in [0.15, 0.2) is 58.2 Å². The first kappa shape index (κ1) is 30.8. The predicted molar refractivity (Wildman–Crippen MR) is 130 cm³/mol. The second-order valence-corrected chi connectivity index (χ2v) is 15.3. The summed E-state index contributed by atoms with van der Waals surface area (Å²) >= 11 is 0. The van der Waals surface area contributed by atoms with E-state index in [1.165, 1.54) is 47.6 Å². The van der Waals surface area contributed by atoms with Crippen molar-refractivity contribution in [1.29, 1.82) is 0 Å². The topological polar surface area (TPSA) is 17.1 Å². The van der Waals surface area contributed by atoms with Gasteiger partial charge in [-0.2, -0.15) is 0 Å². The third-order valence-electron chi connectivity index (χ3n) is 6.54. The Morgan fingerprint density at radius 2 is 0.795 bits per heavy atom. The van der Waals surface area contributed by atoms with Gasteiger partial charge in [0.2, 0.25) is 0 Å². The van der Waals surface area contributed by atoms with E-state index in [1.54, 1.807) is 0 Å². The van der Waals surface area contributed by atoms with Crippen molar-refractivity contribution in [3.63, 3.8) is 0 Å². The first-order chi connectivity index (χ1) is 17.7. The standard InChI is InChI=1S/C26H22BF10OP/c1-25(2,3)39(38,26(4,5)6)12-10-8-7-9-11(12)27(13-15(28)19(32)23(36)20(33)16(13)29)14-17(30)21(34)24(37)22(35)18(14)31/h7-10H,1-6H3. The van der Waals surface area contributed by atoms with Gasteiger partial charge >= 0.3 is 0 Å². The Kier molecular flexibility index (Phi) is 7.91. The minimum atomic E-state index is -3.91. The monoisotopic (exact) mass is 582 g/mol. The number of hydrogen-bond acceptors (Lipinski definition) is 1. The molecular weight excluding hydrogens is 560 g/mol. The van der Waals surface area contributed by atoms with Crippen LogP contribution in [0.3, 0.4) is 0 Å². The summed E-state index contributed by atoms with van der Waals surface area (Å²) in [5, 5.41) is -2.64. The van der Waals surface area contributed by atoms with E-state index in [1.807, 2.05) is 0 Å². The maximum atomic E-state index is 15.2. The predicted octanol–water partition coefficient (Wildman–Crippen LogP) is 6.18. The van der Waals surface area contributed by atoms with Crippen LogP contribution < -0.4 is 21.7 Å². The minimum Gasteiger partial charge on any atom is -0.318 e. The first-order valence-electron chi connectivity index (χ1n) is 11.4. The normalized spacial score (nSPS) is 12.7. The van der Waals surface area contributed by atoms with Crippen LogP contribution in [0.1, 0.15) is 41.5 Å². The van der Waals surface area contributed by atoms with Gasteiger partial charge in [0.25, 0.3) is 6.71 Å². The van der Waals surface area contributed by atoms with Crippen molar-refractivity contribution >= 4 is 35.5 Å². The highest BCUT2D eigenvalue weighted by molar-refractivity contribution is 7.75. The van der Waals surface area contributed by atoms with E-state index in [0.29, 0.717) is 0 Å². The van der Waals surface area contributed by atoms with Crippen LogP contribution in [0, 0.1) is 58.2 Å². The quantitative estimate of drug-likeness (QED) is 0.118. The molecule has 3 aromatic carbocycles. The molecule has 0 fully saturated rings. The average molecular weight is 582 g/mol. The van der Waals surface area contributed by atoms with Crippen molar-refractivity contribution in [2.75, 3.05) is 0 Å². The summed E-state index contributed by atoms with van der Waals surface area (Å²) in [7, 11) is -3.91. The maximum Gasteiger partial charge on any atom is 0.258 e. The van der Waals surface area contributed by atoms with Crippen molar-refractivity contribution < 1.29 is 48.5 Å². The van der Waals surface area contributed by atoms with E-state index < -0.39 is 98.7 Å². The molecular formula is C26H22BF10OP. The molecule has 39 heavy (non-hydrogen) atoms. The summed E-state index contributed by atoms with van der Waals surface area (Å²) in [6.07, 6.45) is 0. The van der Waals surface area contributed by atoms with Crippen LogP contribution in [-0.4, -0.2) is 17.0 Å². The Bertz CT molecular complexity index is 1380. The Morgan fingerprint density at radius 1 is 0.513 bits per heavy atom. The largest absolute Gasteiger partial charge is 0.318 e. The summed E-state index contributed by atoms with van der Waals surface area (Å²) in [6, 6.07) is 4.54. The SMILES string of the molecule is CC(C)(C)P(=O)(c1ccccc1B(c1c(F)c(F)c(F)c(F)c1F)c1c(F)c(F)c(F)c(F)c1F)C(C)(C)C. The molecule has 1 nitrogen and oxygen atoms in total. The van der Waals surface area contributed by atoms with Crippen LogP contribution in [0.5, 0.6) is 0 Å². The minimum absolute atomic E-state index is 0.303. The van der Waals surface area contributed by atoms with E-state index in [4.69, 9.17) is 0 Å². The molecule has 0 saturated heterocycles. The van der Waals surface area contributed by atoms with Gasteiger partial charge in [-0.25, -0.2) is 43.9 Å². The second kappa shape index (κ2) is 10.0. The van der Waals surface area contributed by atoms with Crippen molar-refractivity contribution in [1.82, 2.24) is 0 Å². The van der Waals surface area contributed by atoms with Crippen molar-refractivity contribution in [3.8, 4) is 0 Å². The molecule has 0 N–H and O–H groups in total. The molecule has 0 radical (unpaired) electrons. The highest BCUT2D eigenvalue weighted by Gasteiger charge is 2.51. The van der Waals surface area contributed by atoms with Gasteiger partial charge in [-0.05, 0) is 0 Å². The molecule has 3 aromatic rings. The second-order valence-electron chi connectivity index (χ2n) is 10.9. The van der Waals surface area contributed by atoms with Gasteiger partial charge < -0.3 is 4.57 Å². The molecule has 0 heterocycles. The molecule has 0 saturated carbocycles. The van der Waals surface area contributed by atoms with Gasteiger partial charge in [0.05, 0.1) is 0 Å². The summed E-state index contributed by atoms with van der Waals surface area (Å²) in [5.41, 5.74) is -4.43. The highest BCUT2D eigenvalue weighted by atomic mass is 31.2. The fourth-order valence-electron chi connectivity index (χ4n) is 4.95. The zero-order chi connectivity index (χ0) is 30.0. The lowest BCUT2D eigenvalue weighted by atomic mass is 9.36. The third kappa shape index (κ3) is 4.58. The number of benzene rings is 3. The lowest BCUT2D eigenvalue weighted by Crippen LogP contribution is -2.62. The molecule has 0 amide bonds. The Labute approximate surface area is 218 Å². The molecule has 0 aliphatic carbocycles. The van der Waals surface area contributed by atoms with Crippen LogP contribution in [0.25, 0.3) is 0 Å². The summed E-state index contributed by atoms with van der Waals surface area (Å²) in [4.78, 5) is 0. The molecule has 13 heteroatoms. The maximum absolute atomic E-state index is 15.2. The van der Waals surface area contributed by atoms with Crippen LogP contribution in [0.2, 0.25) is 0 Å². The molecule has 0 aliphatic rings. The number of rotatable bonds is 4. The molecule has 0 aromatic heterocycles. The lowest BCUT2D eigenvalue weighted by molar-refractivity contribution is 0.382. The summed E-state index contributed by atoms with van der Waals surface area (Å²) in [5.74, 6) is -25.5. The average Bonchev–Trinajstić information content (AvgIpc) is 2.85. The van der Waals surface area contributed by atoms with Crippen molar-refractivity contribution in [2.24, 2.45) is 0 Å². The van der Waals surface area contributed by atoms with E-state index in [0.717, 1.165) is 18.2 Å². The van der Waals surface area contributed by atoms with Crippen LogP contribution in [0.4, 0.5) is 43.9 Å². The zero-order valence-electron chi connectivity index (χ0n) is 21.5. The number of halogens is 10. The van der Waals surface area contributed by atoms with Crippen LogP contribution in [0.15, 0.2) is 24.3 Å². The Balaban J connectivity index is 2.69. The molecule has 0 spiro atoms. The van der Waals surface area contributed by atoms with E-state index in [2.05, 4.69) is 0 Å². The molecule has 0 unspecified atom stereocenters. The first-order valence-corrected chi connectivity index (χ1v) is 13.1. The summed E-state index contributed by atoms with van der Waals surface area (Å²) in [6.45, 7) is 6.38. The van der Waals surface area contributed by atoms with E-state index in [9.17, 15) is 30.9 Å². The van der Waals surface area contributed by atoms with Crippen LogP contribution >= 0.6 is 7.14 Å². The smallest absolute Gasteiger partial charge is 0.258 e. The molecule has 3 rings (SSSR count). The van der Waals surface area contributed by atoms with Crippen molar-refractivity contribution in [3.05, 3.63) is 82.4 Å². The third-order valence-corrected chi connectivity index (χ3v) is 11.4. The molecule has 0 atom stereocenters. The van der Waals surface area contributed by atoms with Gasteiger partial charge in [-0.3, -0.25) is 0 Å². The summed E-state index contributed by atoms with van der Waals surface area (Å²) < 4.78 is 161. The Hall–Kier alpha value is -2.75. The van der Waals surface area contributed by atoms with Gasteiger partial charge in [0.1, 0.15) is 7.14 Å². The number of hydrogen-bond donors (Lipinski definition) is 0. The van der Waals surface area contributed by atoms with Gasteiger partial charge in [-0.1, -0.05) is 71.3 Å².